The van der Waals surface area contributed by atoms with Gasteiger partial charge >= 0.3 is 0 Å². The number of pyridine rings is 1. The maximum Gasteiger partial charge on any atom is 0.284 e. The number of nitrogens with zero attached hydrogens (tertiary/aromatic N) is 2. The molecule has 0 amide bonds. The largest absolute Gasteiger partial charge is 0.494 e. The van der Waals surface area contributed by atoms with Crippen LogP contribution in [0.4, 0.5) is 8.78 Å². The third-order valence-corrected chi connectivity index (χ3v) is 2.39. The van der Waals surface area contributed by atoms with Crippen LogP contribution in [0.5, 0.6) is 5.75 Å². The quantitative estimate of drug-likeness (QED) is 0.798. The summed E-state index contributed by atoms with van der Waals surface area (Å²) < 4.78 is 29.9. The fourth-order valence-electron chi connectivity index (χ4n) is 1.16. The predicted octanol–water partition coefficient (Wildman–Crippen LogP) is 2.79. The van der Waals surface area contributed by atoms with Gasteiger partial charge in [0.05, 0.1) is 12.7 Å². The molecule has 3 nitrogen and oxygen atoms in total. The zero-order chi connectivity index (χ0) is 11.4. The van der Waals surface area contributed by atoms with E-state index in [9.17, 15) is 8.78 Å². The molecule has 0 fully saturated rings. The highest BCUT2D eigenvalue weighted by molar-refractivity contribution is 9.08. The molecule has 0 spiro atoms. The molecule has 0 atom stereocenters. The molecule has 0 aliphatic rings. The molecule has 15 heavy (non-hydrogen) atoms. The molecule has 0 unspecified atom stereocenters. The van der Waals surface area contributed by atoms with Gasteiger partial charge in [-0.2, -0.15) is 5.26 Å². The second kappa shape index (κ2) is 5.03. The van der Waals surface area contributed by atoms with Crippen LogP contribution in [0.2, 0.25) is 0 Å². The minimum absolute atomic E-state index is 0.0269. The van der Waals surface area contributed by atoms with Gasteiger partial charge < -0.3 is 4.74 Å². The van der Waals surface area contributed by atoms with Crippen LogP contribution in [0.15, 0.2) is 6.20 Å². The van der Waals surface area contributed by atoms with Crippen molar-refractivity contribution in [3.63, 3.8) is 0 Å². The summed E-state index contributed by atoms with van der Waals surface area (Å²) >= 11 is 3.12. The second-order valence-corrected chi connectivity index (χ2v) is 3.18. The average Bonchev–Trinajstić information content (AvgIpc) is 2.26. The molecule has 1 aromatic rings. The van der Waals surface area contributed by atoms with Crippen LogP contribution in [0.3, 0.4) is 0 Å². The van der Waals surface area contributed by atoms with Crippen molar-refractivity contribution in [2.45, 2.75) is 11.8 Å². The number of methoxy groups -OCH3 is 1. The topological polar surface area (TPSA) is 45.9 Å². The zero-order valence-electron chi connectivity index (χ0n) is 7.80. The molecular formula is C9H7BrF2N2O. The Bertz CT molecular complexity index is 404. The number of alkyl halides is 3. The van der Waals surface area contributed by atoms with Crippen LogP contribution >= 0.6 is 15.9 Å². The molecule has 0 aliphatic carbocycles. The van der Waals surface area contributed by atoms with E-state index in [0.717, 1.165) is 6.20 Å². The smallest absolute Gasteiger partial charge is 0.284 e. The van der Waals surface area contributed by atoms with Gasteiger partial charge in [-0.15, -0.1) is 0 Å². The Hall–Kier alpha value is -1.22. The lowest BCUT2D eigenvalue weighted by Crippen LogP contribution is -2.02. The van der Waals surface area contributed by atoms with Crippen LogP contribution in [-0.2, 0) is 5.33 Å². The molecule has 0 saturated heterocycles. The van der Waals surface area contributed by atoms with Gasteiger partial charge in [0.15, 0.2) is 5.75 Å². The number of ether oxygens (including phenoxy) is 1. The van der Waals surface area contributed by atoms with Gasteiger partial charge in [-0.25, -0.2) is 13.8 Å². The summed E-state index contributed by atoms with van der Waals surface area (Å²) in [6.45, 7) is 0. The highest BCUT2D eigenvalue weighted by atomic mass is 79.9. The Morgan fingerprint density at radius 1 is 1.67 bits per heavy atom. The lowest BCUT2D eigenvalue weighted by atomic mass is 10.1. The first-order valence-corrected chi connectivity index (χ1v) is 5.07. The highest BCUT2D eigenvalue weighted by Crippen LogP contribution is 2.33. The van der Waals surface area contributed by atoms with E-state index in [2.05, 4.69) is 20.9 Å². The second-order valence-electron chi connectivity index (χ2n) is 2.62. The molecule has 6 heteroatoms. The van der Waals surface area contributed by atoms with Crippen LogP contribution in [0, 0.1) is 11.3 Å². The SMILES string of the molecule is COc1c(C(F)F)ncc(C#N)c1CBr. The average molecular weight is 277 g/mol. The van der Waals surface area contributed by atoms with E-state index in [4.69, 9.17) is 10.00 Å². The van der Waals surface area contributed by atoms with Gasteiger partial charge in [0, 0.05) is 17.1 Å². The summed E-state index contributed by atoms with van der Waals surface area (Å²) in [5.74, 6) is -0.0269. The standard InChI is InChI=1S/C9H7BrF2N2O/c1-15-8-6(2-10)5(3-13)4-14-7(8)9(11)12/h4,9H,2H2,1H3. The van der Waals surface area contributed by atoms with Crippen LogP contribution < -0.4 is 4.74 Å². The Balaban J connectivity index is 3.42. The third-order valence-electron chi connectivity index (χ3n) is 1.83. The van der Waals surface area contributed by atoms with Crippen LogP contribution in [0.1, 0.15) is 23.2 Å². The molecule has 0 aromatic carbocycles. The van der Waals surface area contributed by atoms with Crippen molar-refractivity contribution < 1.29 is 13.5 Å². The Kier molecular flexibility index (Phi) is 3.97. The van der Waals surface area contributed by atoms with E-state index in [1.54, 1.807) is 0 Å². The molecule has 0 bridgehead atoms. The maximum atomic E-state index is 12.5. The molecular weight excluding hydrogens is 270 g/mol. The van der Waals surface area contributed by atoms with E-state index in [0.29, 0.717) is 5.56 Å². The molecule has 1 heterocycles. The summed E-state index contributed by atoms with van der Waals surface area (Å²) in [6.07, 6.45) is -1.59. The van der Waals surface area contributed by atoms with Gasteiger partial charge in [0.1, 0.15) is 11.8 Å². The van der Waals surface area contributed by atoms with Crippen LogP contribution in [-0.4, -0.2) is 12.1 Å². The van der Waals surface area contributed by atoms with Gasteiger partial charge in [-0.3, -0.25) is 0 Å². The van der Waals surface area contributed by atoms with E-state index < -0.39 is 12.1 Å². The van der Waals surface area contributed by atoms with Crippen molar-refractivity contribution in [3.05, 3.63) is 23.0 Å². The van der Waals surface area contributed by atoms with Crippen LogP contribution in [0.25, 0.3) is 0 Å². The molecule has 80 valence electrons. The predicted molar refractivity (Wildman–Crippen MR) is 53.1 cm³/mol. The highest BCUT2D eigenvalue weighted by Gasteiger charge is 2.21. The molecule has 1 aromatic heterocycles. The zero-order valence-corrected chi connectivity index (χ0v) is 9.38. The van der Waals surface area contributed by atoms with E-state index >= 15 is 0 Å². The van der Waals surface area contributed by atoms with Crippen molar-refractivity contribution in [3.8, 4) is 11.8 Å². The Morgan fingerprint density at radius 3 is 2.73 bits per heavy atom. The Labute approximate surface area is 93.8 Å². The molecule has 0 N–H and O–H groups in total. The van der Waals surface area contributed by atoms with Gasteiger partial charge in [0.25, 0.3) is 6.43 Å². The van der Waals surface area contributed by atoms with Crippen molar-refractivity contribution in [2.24, 2.45) is 0 Å². The van der Waals surface area contributed by atoms with Gasteiger partial charge in [0.2, 0.25) is 0 Å². The number of nitriles is 1. The normalized spacial score (nSPS) is 10.1. The summed E-state index contributed by atoms with van der Waals surface area (Å²) in [7, 11) is 1.27. The first-order valence-electron chi connectivity index (χ1n) is 3.95. The van der Waals surface area contributed by atoms with E-state index in [1.807, 2.05) is 6.07 Å². The van der Waals surface area contributed by atoms with E-state index in [1.165, 1.54) is 7.11 Å². The summed E-state index contributed by atoms with van der Waals surface area (Å²) in [4.78, 5) is 3.51. The van der Waals surface area contributed by atoms with E-state index in [-0.39, 0.29) is 16.6 Å². The molecule has 0 saturated carbocycles. The van der Waals surface area contributed by atoms with Crippen molar-refractivity contribution in [2.75, 3.05) is 7.11 Å². The maximum absolute atomic E-state index is 12.5. The molecule has 0 aliphatic heterocycles. The lowest BCUT2D eigenvalue weighted by molar-refractivity contribution is 0.141. The minimum Gasteiger partial charge on any atom is -0.494 e. The monoisotopic (exact) mass is 276 g/mol. The number of hydrogen-bond donors (Lipinski definition) is 0. The first-order chi connectivity index (χ1) is 7.15. The fraction of sp³-hybridized carbons (Fsp3) is 0.333. The summed E-state index contributed by atoms with van der Waals surface area (Å²) in [5, 5.41) is 9.01. The van der Waals surface area contributed by atoms with Gasteiger partial charge in [-0.05, 0) is 0 Å². The van der Waals surface area contributed by atoms with Crippen molar-refractivity contribution in [1.29, 1.82) is 5.26 Å². The van der Waals surface area contributed by atoms with Gasteiger partial charge in [-0.1, -0.05) is 15.9 Å². The summed E-state index contributed by atoms with van der Waals surface area (Å²) in [6, 6.07) is 1.87. The first kappa shape index (κ1) is 11.9. The fourth-order valence-corrected chi connectivity index (χ4v) is 1.72. The van der Waals surface area contributed by atoms with Crippen molar-refractivity contribution in [1.82, 2.24) is 4.98 Å². The Morgan fingerprint density at radius 2 is 2.33 bits per heavy atom. The minimum atomic E-state index is -2.72. The lowest BCUT2D eigenvalue weighted by Gasteiger charge is -2.11. The number of rotatable bonds is 3. The number of aromatic nitrogens is 1. The third kappa shape index (κ3) is 2.23. The summed E-state index contributed by atoms with van der Waals surface area (Å²) in [5.41, 5.74) is 0.185. The number of halogens is 3. The number of hydrogen-bond acceptors (Lipinski definition) is 3. The molecule has 1 rings (SSSR count). The molecule has 0 radical (unpaired) electrons. The van der Waals surface area contributed by atoms with Crippen molar-refractivity contribution >= 4 is 15.9 Å².